The lowest BCUT2D eigenvalue weighted by Crippen LogP contribution is -1.84. The third-order valence-electron chi connectivity index (χ3n) is 3.06. The van der Waals surface area contributed by atoms with Gasteiger partial charge in [-0.15, -0.1) is 11.3 Å². The predicted octanol–water partition coefficient (Wildman–Crippen LogP) is 3.99. The van der Waals surface area contributed by atoms with Crippen molar-refractivity contribution < 1.29 is 9.84 Å². The fourth-order valence-electron chi connectivity index (χ4n) is 2.02. The molecule has 3 aromatic rings. The van der Waals surface area contributed by atoms with Gasteiger partial charge in [0.1, 0.15) is 16.5 Å². The lowest BCUT2D eigenvalue weighted by Gasteiger charge is -2.03. The number of aryl methyl sites for hydroxylation is 1. The number of hydrogen-bond donors (Lipinski definition) is 1. The number of ether oxygens (including phenoxy) is 1. The second-order valence-corrected chi connectivity index (χ2v) is 5.35. The lowest BCUT2D eigenvalue weighted by molar-refractivity contribution is 0.408. The molecule has 1 heterocycles. The topological polar surface area (TPSA) is 42.4 Å². The monoisotopic (exact) mass is 271 g/mol. The fourth-order valence-corrected chi connectivity index (χ4v) is 3.10. The van der Waals surface area contributed by atoms with E-state index < -0.39 is 0 Å². The molecule has 0 saturated heterocycles. The van der Waals surface area contributed by atoms with Gasteiger partial charge in [-0.05, 0) is 30.7 Å². The quantitative estimate of drug-likeness (QED) is 0.766. The summed E-state index contributed by atoms with van der Waals surface area (Å²) in [7, 11) is 1.58. The summed E-state index contributed by atoms with van der Waals surface area (Å²) in [6.45, 7) is 2.04. The van der Waals surface area contributed by atoms with E-state index in [-0.39, 0.29) is 5.75 Å². The molecular weight excluding hydrogens is 258 g/mol. The van der Waals surface area contributed by atoms with Crippen LogP contribution >= 0.6 is 11.3 Å². The van der Waals surface area contributed by atoms with Crippen LogP contribution in [-0.2, 0) is 0 Å². The molecule has 0 atom stereocenters. The number of nitrogens with zero attached hydrogens (tertiary/aromatic N) is 1. The third-order valence-corrected chi connectivity index (χ3v) is 4.11. The molecule has 0 fully saturated rings. The van der Waals surface area contributed by atoms with Crippen LogP contribution in [0, 0.1) is 6.92 Å². The molecule has 0 amide bonds. The van der Waals surface area contributed by atoms with Crippen LogP contribution in [0.5, 0.6) is 11.5 Å². The second kappa shape index (κ2) is 4.55. The lowest BCUT2D eigenvalue weighted by atomic mass is 10.2. The molecule has 0 unspecified atom stereocenters. The SMILES string of the molecule is COc1ccc(-c2nc3c(C)cccc3s2)c(O)c1. The van der Waals surface area contributed by atoms with E-state index in [4.69, 9.17) is 4.74 Å². The zero-order valence-corrected chi connectivity index (χ0v) is 11.5. The van der Waals surface area contributed by atoms with Crippen LogP contribution in [0.3, 0.4) is 0 Å². The maximum Gasteiger partial charge on any atom is 0.129 e. The Hall–Kier alpha value is -2.07. The first-order chi connectivity index (χ1) is 9.19. The minimum Gasteiger partial charge on any atom is -0.507 e. The van der Waals surface area contributed by atoms with Crippen LogP contribution in [0.4, 0.5) is 0 Å². The zero-order chi connectivity index (χ0) is 13.4. The molecule has 1 N–H and O–H groups in total. The molecule has 0 bridgehead atoms. The molecule has 2 aromatic carbocycles. The van der Waals surface area contributed by atoms with Crippen LogP contribution in [0.25, 0.3) is 20.8 Å². The highest BCUT2D eigenvalue weighted by Gasteiger charge is 2.12. The van der Waals surface area contributed by atoms with Gasteiger partial charge in [0.25, 0.3) is 0 Å². The minimum absolute atomic E-state index is 0.191. The number of methoxy groups -OCH3 is 1. The highest BCUT2D eigenvalue weighted by atomic mass is 32.1. The molecule has 0 spiro atoms. The highest BCUT2D eigenvalue weighted by molar-refractivity contribution is 7.21. The van der Waals surface area contributed by atoms with Gasteiger partial charge in [-0.1, -0.05) is 12.1 Å². The van der Waals surface area contributed by atoms with Gasteiger partial charge in [0, 0.05) is 6.07 Å². The van der Waals surface area contributed by atoms with Gasteiger partial charge in [-0.3, -0.25) is 0 Å². The normalized spacial score (nSPS) is 10.8. The van der Waals surface area contributed by atoms with Crippen molar-refractivity contribution in [1.29, 1.82) is 0 Å². The number of phenolic OH excluding ortho intramolecular Hbond substituents is 1. The Balaban J connectivity index is 2.16. The van der Waals surface area contributed by atoms with Crippen molar-refractivity contribution in [3.05, 3.63) is 42.0 Å². The summed E-state index contributed by atoms with van der Waals surface area (Å²) in [5, 5.41) is 10.9. The first-order valence-corrected chi connectivity index (χ1v) is 6.74. The van der Waals surface area contributed by atoms with Crippen LogP contribution in [0.15, 0.2) is 36.4 Å². The van der Waals surface area contributed by atoms with E-state index in [1.807, 2.05) is 37.3 Å². The zero-order valence-electron chi connectivity index (χ0n) is 10.7. The van der Waals surface area contributed by atoms with Crippen LogP contribution in [-0.4, -0.2) is 17.2 Å². The van der Waals surface area contributed by atoms with Crippen molar-refractivity contribution in [2.24, 2.45) is 0 Å². The average molecular weight is 271 g/mol. The largest absolute Gasteiger partial charge is 0.507 e. The summed E-state index contributed by atoms with van der Waals surface area (Å²) in [6.07, 6.45) is 0. The van der Waals surface area contributed by atoms with Crippen molar-refractivity contribution in [3.8, 4) is 22.1 Å². The van der Waals surface area contributed by atoms with Crippen molar-refractivity contribution >= 4 is 21.6 Å². The van der Waals surface area contributed by atoms with Gasteiger partial charge in [0.05, 0.1) is 22.9 Å². The van der Waals surface area contributed by atoms with Gasteiger partial charge >= 0.3 is 0 Å². The fraction of sp³-hybridized carbons (Fsp3) is 0.133. The summed E-state index contributed by atoms with van der Waals surface area (Å²) in [5.74, 6) is 0.828. The number of fused-ring (bicyclic) bond motifs is 1. The van der Waals surface area contributed by atoms with E-state index >= 15 is 0 Å². The van der Waals surface area contributed by atoms with Crippen molar-refractivity contribution in [2.75, 3.05) is 7.11 Å². The number of thiazole rings is 1. The number of aromatic nitrogens is 1. The standard InChI is InChI=1S/C15H13NO2S/c1-9-4-3-5-13-14(9)16-15(19-13)11-7-6-10(18-2)8-12(11)17/h3-8,17H,1-2H3. The first kappa shape index (κ1) is 12.0. The smallest absolute Gasteiger partial charge is 0.129 e. The Labute approximate surface area is 115 Å². The Morgan fingerprint density at radius 2 is 2.05 bits per heavy atom. The number of aromatic hydroxyl groups is 1. The van der Waals surface area contributed by atoms with Crippen molar-refractivity contribution in [2.45, 2.75) is 6.92 Å². The Bertz CT molecular complexity index is 749. The Morgan fingerprint density at radius 1 is 1.21 bits per heavy atom. The van der Waals surface area contributed by atoms with Gasteiger partial charge in [0.2, 0.25) is 0 Å². The number of hydrogen-bond acceptors (Lipinski definition) is 4. The van der Waals surface area contributed by atoms with Crippen LogP contribution in [0.1, 0.15) is 5.56 Å². The number of phenols is 1. The summed E-state index contributed by atoms with van der Waals surface area (Å²) < 4.78 is 6.22. The molecule has 0 aliphatic heterocycles. The van der Waals surface area contributed by atoms with E-state index in [0.29, 0.717) is 5.75 Å². The van der Waals surface area contributed by atoms with E-state index in [2.05, 4.69) is 4.98 Å². The molecule has 0 aliphatic rings. The summed E-state index contributed by atoms with van der Waals surface area (Å²) in [5.41, 5.74) is 2.88. The highest BCUT2D eigenvalue weighted by Crippen LogP contribution is 2.37. The maximum atomic E-state index is 10.1. The molecular formula is C15H13NO2S. The van der Waals surface area contributed by atoms with Crippen molar-refractivity contribution in [1.82, 2.24) is 4.98 Å². The molecule has 0 radical (unpaired) electrons. The maximum absolute atomic E-state index is 10.1. The molecule has 4 heteroatoms. The van der Waals surface area contributed by atoms with Crippen LogP contribution < -0.4 is 4.74 Å². The molecule has 0 aliphatic carbocycles. The van der Waals surface area contributed by atoms with Gasteiger partial charge < -0.3 is 9.84 Å². The average Bonchev–Trinajstić information content (AvgIpc) is 2.83. The van der Waals surface area contributed by atoms with Gasteiger partial charge in [-0.25, -0.2) is 4.98 Å². The van der Waals surface area contributed by atoms with E-state index in [1.54, 1.807) is 24.5 Å². The summed E-state index contributed by atoms with van der Waals surface area (Å²) in [6, 6.07) is 11.4. The molecule has 96 valence electrons. The van der Waals surface area contributed by atoms with Crippen LogP contribution in [0.2, 0.25) is 0 Å². The predicted molar refractivity (Wildman–Crippen MR) is 78.0 cm³/mol. The molecule has 0 saturated carbocycles. The molecule has 19 heavy (non-hydrogen) atoms. The number of benzene rings is 2. The Morgan fingerprint density at radius 3 is 2.74 bits per heavy atom. The minimum atomic E-state index is 0.191. The van der Waals surface area contributed by atoms with Gasteiger partial charge in [0.15, 0.2) is 0 Å². The summed E-state index contributed by atoms with van der Waals surface area (Å²) >= 11 is 1.58. The Kier molecular flexibility index (Phi) is 2.87. The summed E-state index contributed by atoms with van der Waals surface area (Å²) in [4.78, 5) is 4.62. The van der Waals surface area contributed by atoms with Crippen molar-refractivity contribution in [3.63, 3.8) is 0 Å². The molecule has 3 nitrogen and oxygen atoms in total. The van der Waals surface area contributed by atoms with E-state index in [0.717, 1.165) is 26.4 Å². The first-order valence-electron chi connectivity index (χ1n) is 5.92. The number of rotatable bonds is 2. The molecule has 3 rings (SSSR count). The van der Waals surface area contributed by atoms with E-state index in [9.17, 15) is 5.11 Å². The van der Waals surface area contributed by atoms with E-state index in [1.165, 1.54) is 0 Å². The second-order valence-electron chi connectivity index (χ2n) is 4.32. The number of para-hydroxylation sites is 1. The molecule has 1 aromatic heterocycles. The van der Waals surface area contributed by atoms with Gasteiger partial charge in [-0.2, -0.15) is 0 Å². The third kappa shape index (κ3) is 2.04.